The van der Waals surface area contributed by atoms with Crippen LogP contribution < -0.4 is 10.1 Å². The predicted molar refractivity (Wildman–Crippen MR) is 125 cm³/mol. The summed E-state index contributed by atoms with van der Waals surface area (Å²) in [5, 5.41) is 25.0. The Morgan fingerprint density at radius 2 is 1.69 bits per heavy atom. The average molecular weight is 519 g/mol. The Morgan fingerprint density at radius 3 is 2.34 bits per heavy atom. The minimum absolute atomic E-state index is 0.0645. The number of esters is 2. The maximum absolute atomic E-state index is 11.6. The molecule has 35 heavy (non-hydrogen) atoms. The molecule has 1 saturated heterocycles. The van der Waals surface area contributed by atoms with Gasteiger partial charge in [-0.2, -0.15) is 0 Å². The Bertz CT molecular complexity index is 1210. The highest BCUT2D eigenvalue weighted by Gasteiger charge is 2.53. The smallest absolute Gasteiger partial charge is 0.422 e. The Balaban J connectivity index is 1.48. The number of carbonyl (C=O) groups excluding carboxylic acids is 2. The van der Waals surface area contributed by atoms with Crippen molar-refractivity contribution < 1.29 is 34.0 Å². The zero-order valence-corrected chi connectivity index (χ0v) is 19.6. The molecule has 4 rings (SSSR count). The fraction of sp³-hybridized carbons (Fsp3) is 0.208. The standard InChI is InChI=1S/C24H20Cl2N2O7/c25-16-4-1-3-15(12-16)18(29)13-27-19(24(32)34-22(30)23(31)35-24)11-14-7-9-17(10-8-14)33-21-6-2-5-20(26)28-21/h1-10,12,18-19,27,29,32H,11,13H2/t18-,19-/m0/s1. The van der Waals surface area contributed by atoms with Gasteiger partial charge in [0, 0.05) is 17.6 Å². The molecule has 3 aromatic rings. The van der Waals surface area contributed by atoms with Gasteiger partial charge in [0.25, 0.3) is 0 Å². The molecule has 1 fully saturated rings. The van der Waals surface area contributed by atoms with Gasteiger partial charge < -0.3 is 29.7 Å². The zero-order valence-electron chi connectivity index (χ0n) is 18.1. The lowest BCUT2D eigenvalue weighted by atomic mass is 10.0. The third-order valence-electron chi connectivity index (χ3n) is 5.15. The number of carbonyl (C=O) groups is 2. The van der Waals surface area contributed by atoms with Crippen molar-refractivity contribution in [1.29, 1.82) is 0 Å². The summed E-state index contributed by atoms with van der Waals surface area (Å²) in [4.78, 5) is 27.3. The number of rotatable bonds is 9. The van der Waals surface area contributed by atoms with Crippen LogP contribution in [0, 0.1) is 0 Å². The topological polar surface area (TPSA) is 127 Å². The van der Waals surface area contributed by atoms with Gasteiger partial charge in [0.2, 0.25) is 5.88 Å². The molecule has 3 N–H and O–H groups in total. The van der Waals surface area contributed by atoms with Gasteiger partial charge in [-0.15, -0.1) is 0 Å². The van der Waals surface area contributed by atoms with Crippen LogP contribution in [0.25, 0.3) is 0 Å². The number of nitrogens with one attached hydrogen (secondary N) is 1. The summed E-state index contributed by atoms with van der Waals surface area (Å²) in [5.74, 6) is -4.37. The van der Waals surface area contributed by atoms with Crippen LogP contribution in [-0.2, 0) is 25.5 Å². The van der Waals surface area contributed by atoms with E-state index in [1.54, 1.807) is 66.7 Å². The van der Waals surface area contributed by atoms with E-state index in [0.29, 0.717) is 32.9 Å². The number of halogens is 2. The molecular weight excluding hydrogens is 499 g/mol. The maximum Gasteiger partial charge on any atom is 0.422 e. The summed E-state index contributed by atoms with van der Waals surface area (Å²) < 4.78 is 15.3. The molecule has 1 aliphatic heterocycles. The summed E-state index contributed by atoms with van der Waals surface area (Å²) in [7, 11) is 0. The molecule has 11 heteroatoms. The van der Waals surface area contributed by atoms with E-state index in [2.05, 4.69) is 10.3 Å². The minimum atomic E-state index is -2.55. The van der Waals surface area contributed by atoms with E-state index in [4.69, 9.17) is 37.4 Å². The molecule has 0 radical (unpaired) electrons. The lowest BCUT2D eigenvalue weighted by molar-refractivity contribution is -0.307. The molecule has 2 atom stereocenters. The number of ether oxygens (including phenoxy) is 3. The number of aromatic nitrogens is 1. The fourth-order valence-electron chi connectivity index (χ4n) is 3.42. The highest BCUT2D eigenvalue weighted by molar-refractivity contribution is 6.31. The largest absolute Gasteiger partial charge is 0.439 e. The molecule has 2 heterocycles. The molecule has 0 saturated carbocycles. The van der Waals surface area contributed by atoms with Crippen molar-refractivity contribution in [1.82, 2.24) is 10.3 Å². The Labute approximate surface area is 210 Å². The first kappa shape index (κ1) is 24.9. The number of aliphatic hydroxyl groups is 2. The number of aliphatic hydroxyl groups excluding tert-OH is 1. The molecule has 0 spiro atoms. The highest BCUT2D eigenvalue weighted by atomic mass is 35.5. The summed E-state index contributed by atoms with van der Waals surface area (Å²) in [6.07, 6.45) is -0.941. The fourth-order valence-corrected chi connectivity index (χ4v) is 3.78. The second-order valence-electron chi connectivity index (χ2n) is 7.69. The van der Waals surface area contributed by atoms with Gasteiger partial charge in [0.1, 0.15) is 16.9 Å². The maximum atomic E-state index is 11.6. The Hall–Kier alpha value is -3.21. The first-order valence-electron chi connectivity index (χ1n) is 10.5. The van der Waals surface area contributed by atoms with Gasteiger partial charge in [-0.25, -0.2) is 14.6 Å². The number of cyclic esters (lactones) is 2. The van der Waals surface area contributed by atoms with Crippen LogP contribution >= 0.6 is 23.2 Å². The van der Waals surface area contributed by atoms with Crippen LogP contribution in [0.15, 0.2) is 66.7 Å². The molecule has 2 aromatic carbocycles. The van der Waals surface area contributed by atoms with Crippen LogP contribution in [0.5, 0.6) is 11.6 Å². The van der Waals surface area contributed by atoms with Crippen molar-refractivity contribution >= 4 is 35.1 Å². The lowest BCUT2D eigenvalue weighted by Gasteiger charge is -2.30. The van der Waals surface area contributed by atoms with Crippen molar-refractivity contribution in [3.8, 4) is 11.6 Å². The first-order chi connectivity index (χ1) is 16.7. The normalized spacial score (nSPS) is 16.3. The van der Waals surface area contributed by atoms with E-state index in [0.717, 1.165) is 0 Å². The number of hydrogen-bond acceptors (Lipinski definition) is 9. The second kappa shape index (κ2) is 10.6. The lowest BCUT2D eigenvalue weighted by Crippen LogP contribution is -2.54. The number of pyridine rings is 1. The zero-order chi connectivity index (χ0) is 25.0. The molecule has 1 aromatic heterocycles. The van der Waals surface area contributed by atoms with Gasteiger partial charge in [0.05, 0.1) is 6.10 Å². The number of benzene rings is 2. The first-order valence-corrected chi connectivity index (χ1v) is 11.2. The molecule has 0 amide bonds. The number of hydrogen-bond donors (Lipinski definition) is 3. The highest BCUT2D eigenvalue weighted by Crippen LogP contribution is 2.27. The van der Waals surface area contributed by atoms with Gasteiger partial charge in [0.15, 0.2) is 0 Å². The van der Waals surface area contributed by atoms with Gasteiger partial charge in [-0.1, -0.05) is 53.5 Å². The summed E-state index contributed by atoms with van der Waals surface area (Å²) in [6.45, 7) is -0.0654. The third kappa shape index (κ3) is 6.27. The van der Waals surface area contributed by atoms with E-state index < -0.39 is 30.1 Å². The summed E-state index contributed by atoms with van der Waals surface area (Å²) in [6, 6.07) is 17.3. The van der Waals surface area contributed by atoms with Crippen LogP contribution in [0.3, 0.4) is 0 Å². The molecule has 1 aliphatic rings. The van der Waals surface area contributed by atoms with Crippen molar-refractivity contribution in [3.63, 3.8) is 0 Å². The van der Waals surface area contributed by atoms with Crippen LogP contribution in [0.4, 0.5) is 0 Å². The monoisotopic (exact) mass is 518 g/mol. The molecule has 182 valence electrons. The SMILES string of the molecule is O=C1OC(O)([C@H](Cc2ccc(Oc3cccc(Cl)n3)cc2)NC[C@H](O)c2cccc(Cl)c2)OC1=O. The van der Waals surface area contributed by atoms with E-state index in [1.807, 2.05) is 0 Å². The van der Waals surface area contributed by atoms with Gasteiger partial charge in [-0.3, -0.25) is 0 Å². The second-order valence-corrected chi connectivity index (χ2v) is 8.51. The average Bonchev–Trinajstić information content (AvgIpc) is 3.09. The van der Waals surface area contributed by atoms with Crippen LogP contribution in [0.1, 0.15) is 17.2 Å². The van der Waals surface area contributed by atoms with Crippen molar-refractivity contribution in [3.05, 3.63) is 88.0 Å². The Kier molecular flexibility index (Phi) is 7.54. The van der Waals surface area contributed by atoms with Crippen molar-refractivity contribution in [2.75, 3.05) is 6.54 Å². The van der Waals surface area contributed by atoms with E-state index in [1.165, 1.54) is 0 Å². The van der Waals surface area contributed by atoms with E-state index >= 15 is 0 Å². The summed E-state index contributed by atoms with van der Waals surface area (Å²) in [5.41, 5.74) is 1.21. The Morgan fingerprint density at radius 1 is 1.00 bits per heavy atom. The van der Waals surface area contributed by atoms with Gasteiger partial charge >= 0.3 is 17.9 Å². The quantitative estimate of drug-likeness (QED) is 0.222. The van der Waals surface area contributed by atoms with Crippen molar-refractivity contribution in [2.45, 2.75) is 24.5 Å². The van der Waals surface area contributed by atoms with Crippen molar-refractivity contribution in [2.24, 2.45) is 0 Å². The molecular formula is C24H20Cl2N2O7. The van der Waals surface area contributed by atoms with E-state index in [-0.39, 0.29) is 13.0 Å². The van der Waals surface area contributed by atoms with E-state index in [9.17, 15) is 19.8 Å². The van der Waals surface area contributed by atoms with Gasteiger partial charge in [-0.05, 0) is 47.9 Å². The number of nitrogens with zero attached hydrogens (tertiary/aromatic N) is 1. The minimum Gasteiger partial charge on any atom is -0.439 e. The molecule has 0 bridgehead atoms. The molecule has 9 nitrogen and oxygen atoms in total. The molecule has 0 unspecified atom stereocenters. The van der Waals surface area contributed by atoms with Crippen LogP contribution in [0.2, 0.25) is 10.2 Å². The molecule has 0 aliphatic carbocycles. The predicted octanol–water partition coefficient (Wildman–Crippen LogP) is 3.16. The van der Waals surface area contributed by atoms with Crippen LogP contribution in [-0.4, -0.2) is 45.7 Å². The third-order valence-corrected chi connectivity index (χ3v) is 5.60. The summed E-state index contributed by atoms with van der Waals surface area (Å²) >= 11 is 11.9.